The van der Waals surface area contributed by atoms with E-state index in [4.69, 9.17) is 10.2 Å². The van der Waals surface area contributed by atoms with E-state index in [0.29, 0.717) is 0 Å². The van der Waals surface area contributed by atoms with Crippen LogP contribution in [-0.4, -0.2) is 40.1 Å². The van der Waals surface area contributed by atoms with Crippen molar-refractivity contribution in [3.63, 3.8) is 0 Å². The summed E-state index contributed by atoms with van der Waals surface area (Å²) in [5.74, 6) is -2.54. The van der Waals surface area contributed by atoms with E-state index in [2.05, 4.69) is 9.78 Å². The Bertz CT molecular complexity index is 243. The van der Waals surface area contributed by atoms with Crippen LogP contribution in [0.25, 0.3) is 0 Å². The molecule has 0 aliphatic carbocycles. The molecule has 2 atom stereocenters. The Hall–Kier alpha value is -1.47. The Morgan fingerprint density at radius 3 is 2.00 bits per heavy atom. The Kier molecular flexibility index (Phi) is 6.28. The zero-order valence-corrected chi connectivity index (χ0v) is 9.00. The minimum Gasteiger partial charge on any atom is -0.386 e. The number of aliphatic hydroxyl groups is 2. The number of carbonyl (C=O) groups is 3. The summed E-state index contributed by atoms with van der Waals surface area (Å²) in [6, 6.07) is 0. The fourth-order valence-electron chi connectivity index (χ4n) is 0.633. The third-order valence-corrected chi connectivity index (χ3v) is 1.60. The highest BCUT2D eigenvalue weighted by molar-refractivity contribution is 5.85. The summed E-state index contributed by atoms with van der Waals surface area (Å²) in [7, 11) is 0. The number of hydrogen-bond donors (Lipinski definition) is 2. The number of aliphatic hydroxyl groups excluding tert-OH is 2. The van der Waals surface area contributed by atoms with Crippen molar-refractivity contribution in [2.45, 2.75) is 38.9 Å². The van der Waals surface area contributed by atoms with Gasteiger partial charge < -0.3 is 10.2 Å². The van der Waals surface area contributed by atoms with Gasteiger partial charge in [0.2, 0.25) is 0 Å². The molecule has 0 spiro atoms. The number of ketones is 1. The van der Waals surface area contributed by atoms with E-state index in [1.807, 2.05) is 0 Å². The van der Waals surface area contributed by atoms with Gasteiger partial charge in [-0.1, -0.05) is 0 Å². The fourth-order valence-corrected chi connectivity index (χ4v) is 0.633. The van der Waals surface area contributed by atoms with Crippen LogP contribution >= 0.6 is 0 Å². The second-order valence-electron chi connectivity index (χ2n) is 3.18. The maximum absolute atomic E-state index is 10.9. The van der Waals surface area contributed by atoms with Gasteiger partial charge in [-0.05, 0) is 13.8 Å². The Labute approximate surface area is 91.9 Å². The van der Waals surface area contributed by atoms with Crippen molar-refractivity contribution in [3.8, 4) is 0 Å². The first-order valence-electron chi connectivity index (χ1n) is 4.64. The molecule has 0 saturated heterocycles. The molecule has 0 radical (unpaired) electrons. The zero-order valence-electron chi connectivity index (χ0n) is 9.00. The molecular formula is C9H14O7. The number of rotatable bonds is 5. The second-order valence-corrected chi connectivity index (χ2v) is 3.18. The molecule has 0 aliphatic rings. The number of hydrogen-bond acceptors (Lipinski definition) is 7. The molecule has 7 heteroatoms. The average molecular weight is 234 g/mol. The topological polar surface area (TPSA) is 110 Å². The highest BCUT2D eigenvalue weighted by Crippen LogP contribution is 1.99. The fraction of sp³-hybridized carbons (Fsp3) is 0.667. The van der Waals surface area contributed by atoms with Crippen LogP contribution in [-0.2, 0) is 24.2 Å². The lowest BCUT2D eigenvalue weighted by molar-refractivity contribution is -0.263. The van der Waals surface area contributed by atoms with Gasteiger partial charge in [-0.25, -0.2) is 19.4 Å². The summed E-state index contributed by atoms with van der Waals surface area (Å²) in [6.07, 6.45) is -3.06. The maximum Gasteiger partial charge on any atom is 0.383 e. The summed E-state index contributed by atoms with van der Waals surface area (Å²) in [4.78, 5) is 40.4. The highest BCUT2D eigenvalue weighted by Gasteiger charge is 2.16. The van der Waals surface area contributed by atoms with Crippen molar-refractivity contribution in [2.75, 3.05) is 0 Å². The van der Waals surface area contributed by atoms with Gasteiger partial charge in [0.25, 0.3) is 0 Å². The Balaban J connectivity index is 3.76. The molecule has 0 fully saturated rings. The van der Waals surface area contributed by atoms with Crippen molar-refractivity contribution < 1.29 is 34.4 Å². The monoisotopic (exact) mass is 234 g/mol. The van der Waals surface area contributed by atoms with Crippen LogP contribution in [0.1, 0.15) is 26.7 Å². The lowest BCUT2D eigenvalue weighted by Gasteiger charge is -2.05. The minimum absolute atomic E-state index is 0.206. The predicted molar refractivity (Wildman–Crippen MR) is 49.8 cm³/mol. The average Bonchev–Trinajstić information content (AvgIpc) is 2.21. The summed E-state index contributed by atoms with van der Waals surface area (Å²) in [6.45, 7) is 2.42. The molecule has 2 unspecified atom stereocenters. The second kappa shape index (κ2) is 6.91. The predicted octanol–water partition coefficient (Wildman–Crippen LogP) is -0.901. The third-order valence-electron chi connectivity index (χ3n) is 1.60. The van der Waals surface area contributed by atoms with E-state index in [9.17, 15) is 14.4 Å². The van der Waals surface area contributed by atoms with E-state index in [1.54, 1.807) is 0 Å². The third kappa shape index (κ3) is 6.10. The van der Waals surface area contributed by atoms with Gasteiger partial charge in [0.15, 0.2) is 11.9 Å². The molecule has 7 nitrogen and oxygen atoms in total. The molecule has 0 aliphatic heterocycles. The van der Waals surface area contributed by atoms with Crippen molar-refractivity contribution >= 4 is 17.7 Å². The molecular weight excluding hydrogens is 220 g/mol. The molecule has 0 saturated carbocycles. The van der Waals surface area contributed by atoms with Crippen LogP contribution in [0.2, 0.25) is 0 Å². The lowest BCUT2D eigenvalue weighted by atomic mass is 10.1. The molecule has 0 aromatic rings. The minimum atomic E-state index is -1.40. The van der Waals surface area contributed by atoms with Crippen molar-refractivity contribution in [1.82, 2.24) is 0 Å². The smallest absolute Gasteiger partial charge is 0.383 e. The van der Waals surface area contributed by atoms with Crippen molar-refractivity contribution in [1.29, 1.82) is 0 Å². The van der Waals surface area contributed by atoms with Crippen LogP contribution in [0.4, 0.5) is 0 Å². The van der Waals surface area contributed by atoms with Gasteiger partial charge in [0.1, 0.15) is 6.10 Å². The first-order chi connectivity index (χ1) is 7.34. The van der Waals surface area contributed by atoms with Crippen LogP contribution < -0.4 is 0 Å². The molecule has 0 bridgehead atoms. The van der Waals surface area contributed by atoms with Gasteiger partial charge in [0, 0.05) is 6.42 Å². The normalized spacial score (nSPS) is 13.8. The maximum atomic E-state index is 10.9. The first kappa shape index (κ1) is 14.5. The van der Waals surface area contributed by atoms with Gasteiger partial charge in [-0.2, -0.15) is 0 Å². The molecule has 92 valence electrons. The quantitative estimate of drug-likeness (QED) is 0.468. The summed E-state index contributed by atoms with van der Waals surface area (Å²) >= 11 is 0. The first-order valence-corrected chi connectivity index (χ1v) is 4.64. The summed E-state index contributed by atoms with van der Waals surface area (Å²) in [5.41, 5.74) is 0. The summed E-state index contributed by atoms with van der Waals surface area (Å²) in [5, 5.41) is 17.5. The standard InChI is InChI=1S/C9H14O7/c1-5(10)7(12)3-4-8(13)15-16-9(14)6(2)11/h5-6,10-11H,3-4H2,1-2H3. The van der Waals surface area contributed by atoms with Crippen LogP contribution in [0.15, 0.2) is 0 Å². The summed E-state index contributed by atoms with van der Waals surface area (Å²) < 4.78 is 0. The van der Waals surface area contributed by atoms with Gasteiger partial charge in [-0.3, -0.25) is 4.79 Å². The molecule has 0 aromatic heterocycles. The van der Waals surface area contributed by atoms with E-state index >= 15 is 0 Å². The number of Topliss-reactive ketones (excluding diaryl/α,β-unsaturated/α-hetero) is 1. The van der Waals surface area contributed by atoms with E-state index in [1.165, 1.54) is 6.92 Å². The molecule has 2 N–H and O–H groups in total. The van der Waals surface area contributed by atoms with E-state index in [-0.39, 0.29) is 12.8 Å². The Morgan fingerprint density at radius 2 is 1.56 bits per heavy atom. The molecule has 0 heterocycles. The van der Waals surface area contributed by atoms with Gasteiger partial charge in [-0.15, -0.1) is 0 Å². The highest BCUT2D eigenvalue weighted by atomic mass is 17.2. The van der Waals surface area contributed by atoms with E-state index in [0.717, 1.165) is 6.92 Å². The lowest BCUT2D eigenvalue weighted by Crippen LogP contribution is -2.22. The molecule has 16 heavy (non-hydrogen) atoms. The SMILES string of the molecule is CC(O)C(=O)CCC(=O)OOC(=O)C(C)O. The van der Waals surface area contributed by atoms with Crippen LogP contribution in [0.3, 0.4) is 0 Å². The molecule has 0 aromatic carbocycles. The molecule has 0 amide bonds. The van der Waals surface area contributed by atoms with Crippen molar-refractivity contribution in [3.05, 3.63) is 0 Å². The Morgan fingerprint density at radius 1 is 1.00 bits per heavy atom. The van der Waals surface area contributed by atoms with E-state index < -0.39 is 29.9 Å². The van der Waals surface area contributed by atoms with Gasteiger partial charge in [0.05, 0.1) is 6.42 Å². The largest absolute Gasteiger partial charge is 0.386 e. The van der Waals surface area contributed by atoms with Crippen LogP contribution in [0.5, 0.6) is 0 Å². The number of carbonyl (C=O) groups excluding carboxylic acids is 3. The van der Waals surface area contributed by atoms with Gasteiger partial charge >= 0.3 is 11.9 Å². The molecule has 0 rings (SSSR count). The van der Waals surface area contributed by atoms with Crippen LogP contribution in [0, 0.1) is 0 Å². The van der Waals surface area contributed by atoms with Crippen molar-refractivity contribution in [2.24, 2.45) is 0 Å². The zero-order chi connectivity index (χ0) is 12.7.